The summed E-state index contributed by atoms with van der Waals surface area (Å²) in [6.07, 6.45) is 3.02. The topological polar surface area (TPSA) is 42.1 Å². The Balaban J connectivity index is 2.85. The molecule has 17 heavy (non-hydrogen) atoms. The zero-order chi connectivity index (χ0) is 12.9. The number of pyridine rings is 1. The average molecular weight is 235 g/mol. The van der Waals surface area contributed by atoms with Crippen molar-refractivity contribution in [2.45, 2.75) is 34.1 Å². The predicted octanol–water partition coefficient (Wildman–Crippen LogP) is 2.59. The van der Waals surface area contributed by atoms with Gasteiger partial charge in [-0.25, -0.2) is 0 Å². The standard InChI is InChI=1S/C14H25N3/c1-5-8-17(11-14(3,4)10-15)13-6-7-16-12(2)9-13/h6-7,9H,5,8,10-11,15H2,1-4H3. The first kappa shape index (κ1) is 14.0. The van der Waals surface area contributed by atoms with Crippen molar-refractivity contribution in [1.29, 1.82) is 0 Å². The van der Waals surface area contributed by atoms with E-state index in [2.05, 4.69) is 42.8 Å². The van der Waals surface area contributed by atoms with Crippen molar-refractivity contribution >= 4 is 5.69 Å². The van der Waals surface area contributed by atoms with Crippen LogP contribution >= 0.6 is 0 Å². The van der Waals surface area contributed by atoms with Gasteiger partial charge in [-0.3, -0.25) is 4.98 Å². The maximum absolute atomic E-state index is 5.82. The van der Waals surface area contributed by atoms with Gasteiger partial charge < -0.3 is 10.6 Å². The van der Waals surface area contributed by atoms with E-state index in [4.69, 9.17) is 5.73 Å². The summed E-state index contributed by atoms with van der Waals surface area (Å²) in [6.45, 7) is 11.4. The number of hydrogen-bond acceptors (Lipinski definition) is 3. The molecule has 96 valence electrons. The van der Waals surface area contributed by atoms with Crippen LogP contribution in [0.1, 0.15) is 32.9 Å². The molecule has 1 heterocycles. The number of anilines is 1. The van der Waals surface area contributed by atoms with Crippen molar-refractivity contribution in [2.75, 3.05) is 24.5 Å². The highest BCUT2D eigenvalue weighted by Gasteiger charge is 2.20. The van der Waals surface area contributed by atoms with E-state index in [1.807, 2.05) is 13.1 Å². The minimum atomic E-state index is 0.145. The summed E-state index contributed by atoms with van der Waals surface area (Å²) in [6, 6.07) is 4.22. The van der Waals surface area contributed by atoms with Gasteiger partial charge in [0, 0.05) is 30.7 Å². The summed E-state index contributed by atoms with van der Waals surface area (Å²) in [4.78, 5) is 6.65. The molecule has 0 aliphatic carbocycles. The molecule has 0 aliphatic heterocycles. The van der Waals surface area contributed by atoms with Crippen LogP contribution in [-0.2, 0) is 0 Å². The first-order valence-corrected chi connectivity index (χ1v) is 6.36. The van der Waals surface area contributed by atoms with Crippen LogP contribution in [0.5, 0.6) is 0 Å². The number of rotatable bonds is 6. The van der Waals surface area contributed by atoms with Crippen molar-refractivity contribution < 1.29 is 0 Å². The zero-order valence-electron chi connectivity index (χ0n) is 11.5. The Morgan fingerprint density at radius 2 is 2.12 bits per heavy atom. The first-order chi connectivity index (χ1) is 7.98. The molecule has 0 fully saturated rings. The number of aromatic nitrogens is 1. The van der Waals surface area contributed by atoms with Gasteiger partial charge in [-0.05, 0) is 37.4 Å². The monoisotopic (exact) mass is 235 g/mol. The molecule has 0 amide bonds. The molecule has 1 aromatic rings. The molecule has 0 atom stereocenters. The van der Waals surface area contributed by atoms with Gasteiger partial charge in [0.2, 0.25) is 0 Å². The molecule has 0 saturated heterocycles. The van der Waals surface area contributed by atoms with E-state index in [1.165, 1.54) is 5.69 Å². The largest absolute Gasteiger partial charge is 0.371 e. The summed E-state index contributed by atoms with van der Waals surface area (Å²) in [5, 5.41) is 0. The Labute approximate surface area is 105 Å². The summed E-state index contributed by atoms with van der Waals surface area (Å²) >= 11 is 0. The molecule has 0 radical (unpaired) electrons. The van der Waals surface area contributed by atoms with Gasteiger partial charge in [0.1, 0.15) is 0 Å². The highest BCUT2D eigenvalue weighted by molar-refractivity contribution is 5.46. The minimum Gasteiger partial charge on any atom is -0.371 e. The molecule has 3 heteroatoms. The fourth-order valence-corrected chi connectivity index (χ4v) is 1.88. The zero-order valence-corrected chi connectivity index (χ0v) is 11.5. The highest BCUT2D eigenvalue weighted by Crippen LogP contribution is 2.21. The Kier molecular flexibility index (Phi) is 4.94. The Bertz CT molecular complexity index is 347. The first-order valence-electron chi connectivity index (χ1n) is 6.36. The third kappa shape index (κ3) is 4.35. The maximum Gasteiger partial charge on any atom is 0.0399 e. The smallest absolute Gasteiger partial charge is 0.0399 e. The normalized spacial score (nSPS) is 11.6. The highest BCUT2D eigenvalue weighted by atomic mass is 15.1. The van der Waals surface area contributed by atoms with Crippen molar-refractivity contribution in [3.63, 3.8) is 0 Å². The lowest BCUT2D eigenvalue weighted by Gasteiger charge is -2.33. The molecule has 2 N–H and O–H groups in total. The van der Waals surface area contributed by atoms with Crippen LogP contribution in [-0.4, -0.2) is 24.6 Å². The lowest BCUT2D eigenvalue weighted by Crippen LogP contribution is -2.39. The Morgan fingerprint density at radius 3 is 2.65 bits per heavy atom. The van der Waals surface area contributed by atoms with Gasteiger partial charge in [-0.2, -0.15) is 0 Å². The van der Waals surface area contributed by atoms with Crippen LogP contribution < -0.4 is 10.6 Å². The van der Waals surface area contributed by atoms with Crippen LogP contribution in [0.3, 0.4) is 0 Å². The summed E-state index contributed by atoms with van der Waals surface area (Å²) in [7, 11) is 0. The van der Waals surface area contributed by atoms with Crippen molar-refractivity contribution in [1.82, 2.24) is 4.98 Å². The minimum absolute atomic E-state index is 0.145. The van der Waals surface area contributed by atoms with E-state index in [-0.39, 0.29) is 5.41 Å². The molecule has 0 saturated carbocycles. The fourth-order valence-electron chi connectivity index (χ4n) is 1.88. The van der Waals surface area contributed by atoms with Gasteiger partial charge in [0.25, 0.3) is 0 Å². The molecule has 1 aromatic heterocycles. The lowest BCUT2D eigenvalue weighted by molar-refractivity contribution is 0.377. The van der Waals surface area contributed by atoms with E-state index in [1.54, 1.807) is 0 Å². The van der Waals surface area contributed by atoms with Gasteiger partial charge in [0.15, 0.2) is 0 Å². The van der Waals surface area contributed by atoms with E-state index >= 15 is 0 Å². The van der Waals surface area contributed by atoms with Crippen LogP contribution in [0.25, 0.3) is 0 Å². The number of aryl methyl sites for hydroxylation is 1. The van der Waals surface area contributed by atoms with Crippen molar-refractivity contribution in [2.24, 2.45) is 11.1 Å². The van der Waals surface area contributed by atoms with Gasteiger partial charge >= 0.3 is 0 Å². The van der Waals surface area contributed by atoms with Crippen LogP contribution in [0.2, 0.25) is 0 Å². The van der Waals surface area contributed by atoms with Crippen LogP contribution in [0.4, 0.5) is 5.69 Å². The van der Waals surface area contributed by atoms with E-state index in [0.29, 0.717) is 6.54 Å². The molecule has 1 rings (SSSR count). The summed E-state index contributed by atoms with van der Waals surface area (Å²) in [5.41, 5.74) is 8.28. The summed E-state index contributed by atoms with van der Waals surface area (Å²) < 4.78 is 0. The van der Waals surface area contributed by atoms with E-state index in [0.717, 1.165) is 25.2 Å². The molecule has 0 aliphatic rings. The second-order valence-corrected chi connectivity index (χ2v) is 5.45. The molecular weight excluding hydrogens is 210 g/mol. The molecule has 0 aromatic carbocycles. The molecule has 0 bridgehead atoms. The number of hydrogen-bond donors (Lipinski definition) is 1. The van der Waals surface area contributed by atoms with Crippen molar-refractivity contribution in [3.05, 3.63) is 24.0 Å². The van der Waals surface area contributed by atoms with Gasteiger partial charge in [-0.1, -0.05) is 20.8 Å². The molecular formula is C14H25N3. The SMILES string of the molecule is CCCN(CC(C)(C)CN)c1ccnc(C)c1. The Hall–Kier alpha value is -1.09. The van der Waals surface area contributed by atoms with Gasteiger partial charge in [-0.15, -0.1) is 0 Å². The number of nitrogens with zero attached hydrogens (tertiary/aromatic N) is 2. The molecule has 3 nitrogen and oxygen atoms in total. The average Bonchev–Trinajstić information content (AvgIpc) is 2.28. The lowest BCUT2D eigenvalue weighted by atomic mass is 9.93. The fraction of sp³-hybridized carbons (Fsp3) is 0.643. The second-order valence-electron chi connectivity index (χ2n) is 5.45. The summed E-state index contributed by atoms with van der Waals surface area (Å²) in [5.74, 6) is 0. The second kappa shape index (κ2) is 6.01. The van der Waals surface area contributed by atoms with Crippen molar-refractivity contribution in [3.8, 4) is 0 Å². The number of nitrogens with two attached hydrogens (primary N) is 1. The van der Waals surface area contributed by atoms with E-state index in [9.17, 15) is 0 Å². The molecule has 0 spiro atoms. The maximum atomic E-state index is 5.82. The third-order valence-corrected chi connectivity index (χ3v) is 2.91. The van der Waals surface area contributed by atoms with Crippen LogP contribution in [0.15, 0.2) is 18.3 Å². The van der Waals surface area contributed by atoms with E-state index < -0.39 is 0 Å². The predicted molar refractivity (Wildman–Crippen MR) is 74.3 cm³/mol. The quantitative estimate of drug-likeness (QED) is 0.824. The van der Waals surface area contributed by atoms with Crippen LogP contribution in [0, 0.1) is 12.3 Å². The molecule has 0 unspecified atom stereocenters. The third-order valence-electron chi connectivity index (χ3n) is 2.91. The van der Waals surface area contributed by atoms with Gasteiger partial charge in [0.05, 0.1) is 0 Å². The Morgan fingerprint density at radius 1 is 1.41 bits per heavy atom.